The van der Waals surface area contributed by atoms with Crippen LogP contribution in [0, 0.1) is 23.3 Å². The number of ether oxygens (including phenoxy) is 1. The van der Waals surface area contributed by atoms with Gasteiger partial charge in [-0.15, -0.1) is 0 Å². The van der Waals surface area contributed by atoms with Crippen LogP contribution in [0.1, 0.15) is 24.3 Å². The molecule has 0 aliphatic heterocycles. The van der Waals surface area contributed by atoms with E-state index in [9.17, 15) is 22.4 Å². The summed E-state index contributed by atoms with van der Waals surface area (Å²) in [5.74, 6) is -8.06. The van der Waals surface area contributed by atoms with Gasteiger partial charge in [-0.05, 0) is 19.9 Å². The SMILES string of the molecule is CC(C)NC(=O)c1ccn(COc2c(F)c(F)cc(F)c2F)n1. The summed E-state index contributed by atoms with van der Waals surface area (Å²) in [5, 5.41) is 6.43. The van der Waals surface area contributed by atoms with E-state index in [1.807, 2.05) is 0 Å². The fourth-order valence-corrected chi connectivity index (χ4v) is 1.70. The molecule has 5 nitrogen and oxygen atoms in total. The van der Waals surface area contributed by atoms with E-state index in [-0.39, 0.29) is 17.8 Å². The van der Waals surface area contributed by atoms with E-state index in [0.29, 0.717) is 0 Å². The average molecular weight is 331 g/mol. The summed E-state index contributed by atoms with van der Waals surface area (Å²) in [6, 6.07) is 1.35. The van der Waals surface area contributed by atoms with E-state index in [1.54, 1.807) is 13.8 Å². The van der Waals surface area contributed by atoms with E-state index in [0.717, 1.165) is 4.68 Å². The Morgan fingerprint density at radius 3 is 2.43 bits per heavy atom. The van der Waals surface area contributed by atoms with Crippen LogP contribution in [-0.4, -0.2) is 21.7 Å². The Kier molecular flexibility index (Phi) is 4.87. The molecule has 0 aliphatic carbocycles. The third-order valence-corrected chi connectivity index (χ3v) is 2.71. The van der Waals surface area contributed by atoms with Gasteiger partial charge in [0.1, 0.15) is 5.69 Å². The highest BCUT2D eigenvalue weighted by Gasteiger charge is 2.21. The van der Waals surface area contributed by atoms with E-state index in [2.05, 4.69) is 10.4 Å². The van der Waals surface area contributed by atoms with Crippen molar-refractivity contribution < 1.29 is 27.1 Å². The first-order valence-corrected chi connectivity index (χ1v) is 6.59. The zero-order valence-electron chi connectivity index (χ0n) is 12.2. The molecule has 0 saturated heterocycles. The first kappa shape index (κ1) is 16.8. The summed E-state index contributed by atoms with van der Waals surface area (Å²) in [5.41, 5.74) is 0.0636. The van der Waals surface area contributed by atoms with Crippen molar-refractivity contribution in [1.29, 1.82) is 0 Å². The van der Waals surface area contributed by atoms with Gasteiger partial charge in [0.2, 0.25) is 11.6 Å². The van der Waals surface area contributed by atoms with Gasteiger partial charge in [0, 0.05) is 18.3 Å². The fourth-order valence-electron chi connectivity index (χ4n) is 1.70. The van der Waals surface area contributed by atoms with Gasteiger partial charge in [-0.3, -0.25) is 4.79 Å². The molecule has 0 radical (unpaired) electrons. The van der Waals surface area contributed by atoms with Crippen LogP contribution in [0.25, 0.3) is 0 Å². The minimum Gasteiger partial charge on any atom is -0.465 e. The monoisotopic (exact) mass is 331 g/mol. The number of carbonyl (C=O) groups excluding carboxylic acids is 1. The van der Waals surface area contributed by atoms with Crippen LogP contribution in [-0.2, 0) is 6.73 Å². The Balaban J connectivity index is 2.11. The van der Waals surface area contributed by atoms with E-state index >= 15 is 0 Å². The highest BCUT2D eigenvalue weighted by molar-refractivity contribution is 5.92. The number of amides is 1. The van der Waals surface area contributed by atoms with Crippen molar-refractivity contribution in [3.8, 4) is 5.75 Å². The van der Waals surface area contributed by atoms with Crippen LogP contribution in [0.4, 0.5) is 17.6 Å². The molecule has 0 fully saturated rings. The second kappa shape index (κ2) is 6.67. The first-order chi connectivity index (χ1) is 10.8. The predicted octanol–water partition coefficient (Wildman–Crippen LogP) is 2.61. The molecule has 124 valence electrons. The molecule has 9 heteroatoms. The number of aromatic nitrogens is 2. The largest absolute Gasteiger partial charge is 0.465 e. The number of benzene rings is 1. The molecule has 0 bridgehead atoms. The van der Waals surface area contributed by atoms with Crippen LogP contribution in [0.5, 0.6) is 5.75 Å². The highest BCUT2D eigenvalue weighted by Crippen LogP contribution is 2.26. The maximum Gasteiger partial charge on any atom is 0.271 e. The van der Waals surface area contributed by atoms with E-state index < -0.39 is 41.7 Å². The lowest BCUT2D eigenvalue weighted by molar-refractivity contribution is 0.0935. The number of nitrogens with one attached hydrogen (secondary N) is 1. The van der Waals surface area contributed by atoms with E-state index in [4.69, 9.17) is 4.74 Å². The second-order valence-corrected chi connectivity index (χ2v) is 4.94. The smallest absolute Gasteiger partial charge is 0.271 e. The Morgan fingerprint density at radius 2 is 1.87 bits per heavy atom. The van der Waals surface area contributed by atoms with Crippen molar-refractivity contribution in [3.05, 3.63) is 47.3 Å². The molecule has 0 aliphatic rings. The van der Waals surface area contributed by atoms with Gasteiger partial charge < -0.3 is 10.1 Å². The predicted molar refractivity (Wildman–Crippen MR) is 71.7 cm³/mol. The Hall–Kier alpha value is -2.58. The number of hydrogen-bond donors (Lipinski definition) is 1. The quantitative estimate of drug-likeness (QED) is 0.677. The second-order valence-electron chi connectivity index (χ2n) is 4.94. The molecule has 23 heavy (non-hydrogen) atoms. The molecule has 2 rings (SSSR count). The summed E-state index contributed by atoms with van der Waals surface area (Å²) in [7, 11) is 0. The molecule has 0 atom stereocenters. The molecule has 1 aromatic heterocycles. The standard InChI is InChI=1S/C14H13F4N3O2/c1-7(2)19-14(22)10-3-4-21(20-10)6-23-13-11(17)8(15)5-9(16)12(13)18/h3-5,7H,6H2,1-2H3,(H,19,22). The van der Waals surface area contributed by atoms with Gasteiger partial charge >= 0.3 is 0 Å². The summed E-state index contributed by atoms with van der Waals surface area (Å²) < 4.78 is 58.7. The topological polar surface area (TPSA) is 56.2 Å². The zero-order chi connectivity index (χ0) is 17.1. The number of halogens is 4. The van der Waals surface area contributed by atoms with E-state index in [1.165, 1.54) is 12.3 Å². The van der Waals surface area contributed by atoms with Gasteiger partial charge in [-0.2, -0.15) is 13.9 Å². The third-order valence-electron chi connectivity index (χ3n) is 2.71. The normalized spacial score (nSPS) is 10.9. The van der Waals surface area contributed by atoms with Crippen molar-refractivity contribution in [3.63, 3.8) is 0 Å². The summed E-state index contributed by atoms with van der Waals surface area (Å²) >= 11 is 0. The molecule has 2 aromatic rings. The van der Waals surface area contributed by atoms with Gasteiger partial charge in [0.05, 0.1) is 0 Å². The summed E-state index contributed by atoms with van der Waals surface area (Å²) in [6.07, 6.45) is 1.32. The molecule has 1 aromatic carbocycles. The van der Waals surface area contributed by atoms with Crippen LogP contribution in [0.15, 0.2) is 18.3 Å². The first-order valence-electron chi connectivity index (χ1n) is 6.59. The maximum absolute atomic E-state index is 13.4. The van der Waals surface area contributed by atoms with Gasteiger partial charge in [0.25, 0.3) is 5.91 Å². The minimum absolute atomic E-state index is 0.0636. The molecule has 0 unspecified atom stereocenters. The van der Waals surface area contributed by atoms with Gasteiger partial charge in [0.15, 0.2) is 24.1 Å². The Labute approximate surface area is 128 Å². The Bertz CT molecular complexity index is 705. The molecule has 1 heterocycles. The molecule has 1 N–H and O–H groups in total. The zero-order valence-corrected chi connectivity index (χ0v) is 12.2. The molecular formula is C14H13F4N3O2. The highest BCUT2D eigenvalue weighted by atomic mass is 19.2. The van der Waals surface area contributed by atoms with Crippen LogP contribution >= 0.6 is 0 Å². The number of hydrogen-bond acceptors (Lipinski definition) is 3. The lowest BCUT2D eigenvalue weighted by atomic mass is 10.3. The lowest BCUT2D eigenvalue weighted by Crippen LogP contribution is -2.30. The summed E-state index contributed by atoms with van der Waals surface area (Å²) in [4.78, 5) is 11.7. The molecule has 0 spiro atoms. The third kappa shape index (κ3) is 3.79. The number of carbonyl (C=O) groups is 1. The van der Waals surface area contributed by atoms with Crippen molar-refractivity contribution in [2.45, 2.75) is 26.6 Å². The van der Waals surface area contributed by atoms with Crippen molar-refractivity contribution in [2.24, 2.45) is 0 Å². The molecular weight excluding hydrogens is 318 g/mol. The number of rotatable bonds is 5. The van der Waals surface area contributed by atoms with Crippen molar-refractivity contribution >= 4 is 5.91 Å². The molecule has 0 saturated carbocycles. The lowest BCUT2D eigenvalue weighted by Gasteiger charge is -2.09. The molecule has 1 amide bonds. The average Bonchev–Trinajstić information content (AvgIpc) is 2.93. The maximum atomic E-state index is 13.4. The van der Waals surface area contributed by atoms with Crippen LogP contribution in [0.2, 0.25) is 0 Å². The number of nitrogens with zero attached hydrogens (tertiary/aromatic N) is 2. The fraction of sp³-hybridized carbons (Fsp3) is 0.286. The van der Waals surface area contributed by atoms with Crippen molar-refractivity contribution in [2.75, 3.05) is 0 Å². The van der Waals surface area contributed by atoms with Crippen LogP contribution in [0.3, 0.4) is 0 Å². The minimum atomic E-state index is -1.64. The summed E-state index contributed by atoms with van der Waals surface area (Å²) in [6.45, 7) is 3.00. The van der Waals surface area contributed by atoms with Gasteiger partial charge in [-0.1, -0.05) is 0 Å². The van der Waals surface area contributed by atoms with Crippen molar-refractivity contribution in [1.82, 2.24) is 15.1 Å². The Morgan fingerprint density at radius 1 is 1.26 bits per heavy atom. The van der Waals surface area contributed by atoms with Gasteiger partial charge in [-0.25, -0.2) is 13.5 Å². The van der Waals surface area contributed by atoms with Crippen LogP contribution < -0.4 is 10.1 Å².